The highest BCUT2D eigenvalue weighted by Gasteiger charge is 2.13. The van der Waals surface area contributed by atoms with Gasteiger partial charge >= 0.3 is 0 Å². The van der Waals surface area contributed by atoms with Crippen LogP contribution in [0.15, 0.2) is 53.8 Å². The molecule has 3 aromatic heterocycles. The van der Waals surface area contributed by atoms with E-state index in [1.54, 1.807) is 12.4 Å². The van der Waals surface area contributed by atoms with Crippen molar-refractivity contribution >= 4 is 11.6 Å². The number of hydrogen-bond acceptors (Lipinski definition) is 3. The molecule has 0 spiro atoms. The minimum absolute atomic E-state index is 0.116. The predicted molar refractivity (Wildman–Crippen MR) is 84.8 cm³/mol. The maximum Gasteiger partial charge on any atom is 0.283 e. The molecule has 0 aliphatic rings. The molecule has 0 fully saturated rings. The van der Waals surface area contributed by atoms with Crippen molar-refractivity contribution in [1.29, 1.82) is 0 Å². The molecule has 112 valence electrons. The molecule has 5 heteroatoms. The summed E-state index contributed by atoms with van der Waals surface area (Å²) in [6.07, 6.45) is 3.49. The van der Waals surface area contributed by atoms with E-state index in [9.17, 15) is 4.79 Å². The minimum Gasteiger partial charge on any atom is -0.304 e. The first-order valence-electron chi connectivity index (χ1n) is 7.27. The molecule has 0 aromatic carbocycles. The smallest absolute Gasteiger partial charge is 0.283 e. The van der Waals surface area contributed by atoms with E-state index in [2.05, 4.69) is 9.98 Å². The fourth-order valence-electron chi connectivity index (χ4n) is 2.35. The Morgan fingerprint density at radius 1 is 1.18 bits per heavy atom. The van der Waals surface area contributed by atoms with Crippen LogP contribution in [0, 0.1) is 6.92 Å². The maximum absolute atomic E-state index is 12.8. The summed E-state index contributed by atoms with van der Waals surface area (Å²) in [5.74, 6) is -0.178. The Hall–Kier alpha value is -2.69. The molecule has 0 N–H and O–H groups in total. The Bertz CT molecular complexity index is 902. The van der Waals surface area contributed by atoms with E-state index in [0.29, 0.717) is 11.2 Å². The molecule has 5 nitrogen and oxygen atoms in total. The molecule has 0 unspecified atom stereocenters. The van der Waals surface area contributed by atoms with Gasteiger partial charge in [0.15, 0.2) is 0 Å². The Morgan fingerprint density at radius 3 is 2.73 bits per heavy atom. The lowest BCUT2D eigenvalue weighted by atomic mass is 10.3. The number of rotatable bonds is 2. The summed E-state index contributed by atoms with van der Waals surface area (Å²) >= 11 is 0. The summed E-state index contributed by atoms with van der Waals surface area (Å²) in [4.78, 5) is 21.7. The highest BCUT2D eigenvalue weighted by Crippen LogP contribution is 2.09. The number of nitrogens with zero attached hydrogens (tertiary/aromatic N) is 4. The lowest BCUT2D eigenvalue weighted by Crippen LogP contribution is -2.28. The lowest BCUT2D eigenvalue weighted by molar-refractivity contribution is 0.0950. The van der Waals surface area contributed by atoms with Crippen molar-refractivity contribution in [3.63, 3.8) is 0 Å². The topological polar surface area (TPSA) is 51.7 Å². The molecular weight excluding hydrogens is 276 g/mol. The first-order valence-corrected chi connectivity index (χ1v) is 7.27. The molecule has 3 aromatic rings. The van der Waals surface area contributed by atoms with Gasteiger partial charge in [0.05, 0.1) is 0 Å². The van der Waals surface area contributed by atoms with E-state index < -0.39 is 0 Å². The van der Waals surface area contributed by atoms with Crippen molar-refractivity contribution in [3.05, 3.63) is 65.7 Å². The molecule has 0 saturated heterocycles. The first kappa shape index (κ1) is 14.3. The van der Waals surface area contributed by atoms with E-state index in [1.807, 2.05) is 61.6 Å². The number of carbonyl (C=O) groups excluding carboxylic acids is 1. The standard InChI is InChI=1S/C17H18N4O/c1-12(2)18-15-8-4-5-10-20(15)17(22)14-11-21-13(3)7-6-9-16(21)19-14/h4-12H,1-3H3. The normalized spacial score (nSPS) is 12.3. The van der Waals surface area contributed by atoms with Gasteiger partial charge in [0.2, 0.25) is 0 Å². The van der Waals surface area contributed by atoms with E-state index in [1.165, 1.54) is 4.57 Å². The number of hydrogen-bond donors (Lipinski definition) is 0. The number of imidazole rings is 1. The number of carbonyl (C=O) groups is 1. The van der Waals surface area contributed by atoms with Gasteiger partial charge in [0.25, 0.3) is 5.91 Å². The van der Waals surface area contributed by atoms with Crippen LogP contribution in [-0.4, -0.2) is 25.9 Å². The van der Waals surface area contributed by atoms with Crippen LogP contribution in [0.25, 0.3) is 5.65 Å². The van der Waals surface area contributed by atoms with Crippen molar-refractivity contribution in [2.24, 2.45) is 4.99 Å². The quantitative estimate of drug-likeness (QED) is 0.729. The zero-order valence-corrected chi connectivity index (χ0v) is 12.9. The fraction of sp³-hybridized carbons (Fsp3) is 0.235. The second-order valence-electron chi connectivity index (χ2n) is 5.48. The summed E-state index contributed by atoms with van der Waals surface area (Å²) in [5, 5.41) is 0. The van der Waals surface area contributed by atoms with Crippen molar-refractivity contribution in [2.45, 2.75) is 26.8 Å². The third-order valence-electron chi connectivity index (χ3n) is 3.36. The van der Waals surface area contributed by atoms with Crippen LogP contribution in [0.2, 0.25) is 0 Å². The SMILES string of the molecule is Cc1cccc2nc(C(=O)n3ccccc3=NC(C)C)cn12. The van der Waals surface area contributed by atoms with Crippen LogP contribution < -0.4 is 5.49 Å². The summed E-state index contributed by atoms with van der Waals surface area (Å²) in [5.41, 5.74) is 2.85. The fourth-order valence-corrected chi connectivity index (χ4v) is 2.35. The molecule has 0 atom stereocenters. The molecule has 0 amide bonds. The van der Waals surface area contributed by atoms with Crippen molar-refractivity contribution in [1.82, 2.24) is 14.0 Å². The molecule has 22 heavy (non-hydrogen) atoms. The van der Waals surface area contributed by atoms with Gasteiger partial charge in [0, 0.05) is 24.1 Å². The Balaban J connectivity index is 2.13. The van der Waals surface area contributed by atoms with Crippen LogP contribution >= 0.6 is 0 Å². The van der Waals surface area contributed by atoms with Gasteiger partial charge in [-0.3, -0.25) is 14.4 Å². The second-order valence-corrected chi connectivity index (χ2v) is 5.48. The number of aromatic nitrogens is 3. The molecule has 0 saturated carbocycles. The zero-order chi connectivity index (χ0) is 15.7. The molecule has 3 heterocycles. The molecule has 0 bridgehead atoms. The summed E-state index contributed by atoms with van der Waals surface area (Å²) in [6.45, 7) is 5.95. The Labute approximate surface area is 128 Å². The predicted octanol–water partition coefficient (Wildman–Crippen LogP) is 2.44. The zero-order valence-electron chi connectivity index (χ0n) is 12.9. The van der Waals surface area contributed by atoms with Gasteiger partial charge in [-0.25, -0.2) is 4.98 Å². The minimum atomic E-state index is -0.178. The number of aryl methyl sites for hydroxylation is 1. The van der Waals surface area contributed by atoms with Crippen LogP contribution in [0.5, 0.6) is 0 Å². The van der Waals surface area contributed by atoms with Gasteiger partial charge in [0.1, 0.15) is 16.8 Å². The van der Waals surface area contributed by atoms with Crippen LogP contribution in [0.4, 0.5) is 0 Å². The van der Waals surface area contributed by atoms with Crippen molar-refractivity contribution < 1.29 is 4.79 Å². The van der Waals surface area contributed by atoms with Crippen LogP contribution in [0.1, 0.15) is 30.0 Å². The van der Waals surface area contributed by atoms with E-state index in [-0.39, 0.29) is 11.9 Å². The van der Waals surface area contributed by atoms with E-state index in [0.717, 1.165) is 11.3 Å². The average molecular weight is 294 g/mol. The monoisotopic (exact) mass is 294 g/mol. The van der Waals surface area contributed by atoms with Crippen LogP contribution in [0.3, 0.4) is 0 Å². The van der Waals surface area contributed by atoms with Gasteiger partial charge < -0.3 is 4.40 Å². The third kappa shape index (κ3) is 2.57. The average Bonchev–Trinajstić information content (AvgIpc) is 2.92. The van der Waals surface area contributed by atoms with Gasteiger partial charge in [-0.15, -0.1) is 0 Å². The molecular formula is C17H18N4O. The number of pyridine rings is 2. The highest BCUT2D eigenvalue weighted by atomic mass is 16.2. The summed E-state index contributed by atoms with van der Waals surface area (Å²) in [6, 6.07) is 11.4. The largest absolute Gasteiger partial charge is 0.304 e. The van der Waals surface area contributed by atoms with E-state index >= 15 is 0 Å². The van der Waals surface area contributed by atoms with Crippen LogP contribution in [-0.2, 0) is 0 Å². The highest BCUT2D eigenvalue weighted by molar-refractivity contribution is 5.94. The van der Waals surface area contributed by atoms with Crippen molar-refractivity contribution in [2.75, 3.05) is 0 Å². The Kier molecular flexibility index (Phi) is 3.63. The maximum atomic E-state index is 12.8. The third-order valence-corrected chi connectivity index (χ3v) is 3.36. The summed E-state index contributed by atoms with van der Waals surface area (Å²) in [7, 11) is 0. The van der Waals surface area contributed by atoms with E-state index in [4.69, 9.17) is 0 Å². The molecule has 0 aliphatic carbocycles. The van der Waals surface area contributed by atoms with Crippen molar-refractivity contribution in [3.8, 4) is 0 Å². The Morgan fingerprint density at radius 2 is 2.00 bits per heavy atom. The molecule has 0 aliphatic heterocycles. The molecule has 0 radical (unpaired) electrons. The first-order chi connectivity index (χ1) is 10.6. The van der Waals surface area contributed by atoms with Gasteiger partial charge in [-0.1, -0.05) is 12.1 Å². The summed E-state index contributed by atoms with van der Waals surface area (Å²) < 4.78 is 3.45. The van der Waals surface area contributed by atoms with Gasteiger partial charge in [-0.05, 0) is 45.0 Å². The second kappa shape index (κ2) is 5.60. The lowest BCUT2D eigenvalue weighted by Gasteiger charge is -2.04. The van der Waals surface area contributed by atoms with Gasteiger partial charge in [-0.2, -0.15) is 0 Å². The number of fused-ring (bicyclic) bond motifs is 1. The molecule has 3 rings (SSSR count).